The number of nitrogen functional groups attached to an aromatic ring is 1. The molecule has 0 bridgehead atoms. The zero-order chi connectivity index (χ0) is 19.2. The molecule has 0 radical (unpaired) electrons. The van der Waals surface area contributed by atoms with Gasteiger partial charge >= 0.3 is 6.09 Å². The molecule has 3 aromatic rings. The van der Waals surface area contributed by atoms with E-state index in [0.717, 1.165) is 10.6 Å². The maximum atomic E-state index is 13.6. The molecule has 1 aromatic carbocycles. The topological polar surface area (TPSA) is 81.3 Å². The van der Waals surface area contributed by atoms with Crippen molar-refractivity contribution < 1.29 is 13.9 Å². The lowest BCUT2D eigenvalue weighted by Gasteiger charge is -2.20. The average molecular weight is 384 g/mol. The van der Waals surface area contributed by atoms with Crippen LogP contribution in [0.5, 0.6) is 0 Å². The fourth-order valence-corrected chi connectivity index (χ4v) is 3.16. The predicted molar refractivity (Wildman–Crippen MR) is 104 cm³/mol. The predicted octanol–water partition coefficient (Wildman–Crippen LogP) is 4.26. The first kappa shape index (κ1) is 18.5. The van der Waals surface area contributed by atoms with Crippen molar-refractivity contribution in [1.29, 1.82) is 0 Å². The van der Waals surface area contributed by atoms with Gasteiger partial charge in [0.2, 0.25) is 0 Å². The van der Waals surface area contributed by atoms with Crippen molar-refractivity contribution in [1.82, 2.24) is 9.97 Å². The summed E-state index contributed by atoms with van der Waals surface area (Å²) in [6.07, 6.45) is 4.18. The number of benzene rings is 1. The fraction of sp³-hybridized carbons (Fsp3) is 0.105. The second-order valence-corrected chi connectivity index (χ2v) is 6.40. The van der Waals surface area contributed by atoms with Gasteiger partial charge in [-0.3, -0.25) is 9.88 Å². The third-order valence-corrected chi connectivity index (χ3v) is 4.55. The lowest BCUT2D eigenvalue weighted by molar-refractivity contribution is 0.165. The smallest absolute Gasteiger partial charge is 0.416 e. The van der Waals surface area contributed by atoms with E-state index in [1.54, 1.807) is 17.8 Å². The third kappa shape index (κ3) is 4.48. The Morgan fingerprint density at radius 1 is 1.33 bits per heavy atom. The highest BCUT2D eigenvalue weighted by Gasteiger charge is 2.22. The van der Waals surface area contributed by atoms with E-state index >= 15 is 0 Å². The number of aromatic nitrogens is 2. The Bertz CT molecular complexity index is 946. The van der Waals surface area contributed by atoms with Crippen molar-refractivity contribution in [3.8, 4) is 10.6 Å². The van der Waals surface area contributed by atoms with Gasteiger partial charge in [-0.15, -0.1) is 11.3 Å². The number of carbonyl (C=O) groups excluding carboxylic acids is 1. The summed E-state index contributed by atoms with van der Waals surface area (Å²) in [6.45, 7) is 3.61. The van der Waals surface area contributed by atoms with Crippen molar-refractivity contribution in [2.24, 2.45) is 0 Å². The minimum atomic E-state index is -0.620. The number of carbonyl (C=O) groups is 1. The standard InChI is InChI=1S/C19H17FN4O2S/c1-2-9-26-19(25)24(11-14-10-15(20)3-4-16(14)21)17-12-27-18(23-17)13-5-7-22-8-6-13/h2-8,10,12H,1,9,11,21H2. The molecular weight excluding hydrogens is 367 g/mol. The number of thiazole rings is 1. The summed E-state index contributed by atoms with van der Waals surface area (Å²) in [5, 5.41) is 2.46. The molecule has 2 aromatic heterocycles. The van der Waals surface area contributed by atoms with E-state index in [9.17, 15) is 9.18 Å². The zero-order valence-corrected chi connectivity index (χ0v) is 15.2. The van der Waals surface area contributed by atoms with Crippen molar-refractivity contribution in [3.05, 3.63) is 72.1 Å². The van der Waals surface area contributed by atoms with Gasteiger partial charge in [-0.25, -0.2) is 14.2 Å². The van der Waals surface area contributed by atoms with Crippen LogP contribution in [0.3, 0.4) is 0 Å². The molecule has 27 heavy (non-hydrogen) atoms. The van der Waals surface area contributed by atoms with Crippen LogP contribution in [0, 0.1) is 5.82 Å². The molecular formula is C19H17FN4O2S. The molecule has 1 amide bonds. The first-order chi connectivity index (χ1) is 13.1. The van der Waals surface area contributed by atoms with Crippen LogP contribution in [0.15, 0.2) is 60.8 Å². The maximum absolute atomic E-state index is 13.6. The Balaban J connectivity index is 1.92. The van der Waals surface area contributed by atoms with Gasteiger partial charge in [0, 0.05) is 29.0 Å². The summed E-state index contributed by atoms with van der Waals surface area (Å²) in [7, 11) is 0. The van der Waals surface area contributed by atoms with E-state index in [0.29, 0.717) is 17.1 Å². The van der Waals surface area contributed by atoms with Crippen molar-refractivity contribution in [2.75, 3.05) is 17.2 Å². The van der Waals surface area contributed by atoms with Gasteiger partial charge in [-0.2, -0.15) is 0 Å². The molecule has 0 atom stereocenters. The Morgan fingerprint density at radius 3 is 2.85 bits per heavy atom. The van der Waals surface area contributed by atoms with Gasteiger partial charge in [-0.1, -0.05) is 12.7 Å². The molecule has 0 aliphatic heterocycles. The summed E-state index contributed by atoms with van der Waals surface area (Å²) >= 11 is 1.38. The number of amides is 1. The summed E-state index contributed by atoms with van der Waals surface area (Å²) in [6, 6.07) is 7.67. The molecule has 2 heterocycles. The maximum Gasteiger partial charge on any atom is 0.416 e. The number of halogens is 1. The van der Waals surface area contributed by atoms with E-state index in [4.69, 9.17) is 10.5 Å². The van der Waals surface area contributed by atoms with Crippen LogP contribution in [0.25, 0.3) is 10.6 Å². The number of hydrogen-bond acceptors (Lipinski definition) is 6. The molecule has 2 N–H and O–H groups in total. The van der Waals surface area contributed by atoms with Crippen LogP contribution in [0.1, 0.15) is 5.56 Å². The number of anilines is 2. The molecule has 0 aliphatic rings. The normalized spacial score (nSPS) is 10.4. The first-order valence-corrected chi connectivity index (χ1v) is 8.91. The Kier molecular flexibility index (Phi) is 5.77. The van der Waals surface area contributed by atoms with Crippen LogP contribution >= 0.6 is 11.3 Å². The average Bonchev–Trinajstić information content (AvgIpc) is 3.17. The van der Waals surface area contributed by atoms with Crippen LogP contribution in [-0.4, -0.2) is 22.7 Å². The number of pyridine rings is 1. The highest BCUT2D eigenvalue weighted by molar-refractivity contribution is 7.13. The second kappa shape index (κ2) is 8.41. The van der Waals surface area contributed by atoms with E-state index in [1.165, 1.54) is 40.5 Å². The summed E-state index contributed by atoms with van der Waals surface area (Å²) in [5.41, 5.74) is 7.65. The van der Waals surface area contributed by atoms with Crippen molar-refractivity contribution in [3.63, 3.8) is 0 Å². The van der Waals surface area contributed by atoms with Gasteiger partial charge in [-0.05, 0) is 35.9 Å². The van der Waals surface area contributed by atoms with Crippen LogP contribution in [-0.2, 0) is 11.3 Å². The second-order valence-electron chi connectivity index (χ2n) is 5.54. The van der Waals surface area contributed by atoms with Crippen LogP contribution in [0.2, 0.25) is 0 Å². The molecule has 0 unspecified atom stereocenters. The molecule has 8 heteroatoms. The molecule has 0 saturated carbocycles. The first-order valence-electron chi connectivity index (χ1n) is 8.03. The van der Waals surface area contributed by atoms with Crippen molar-refractivity contribution in [2.45, 2.75) is 6.54 Å². The van der Waals surface area contributed by atoms with Gasteiger partial charge in [0.15, 0.2) is 0 Å². The fourth-order valence-electron chi connectivity index (χ4n) is 2.35. The Morgan fingerprint density at radius 2 is 2.11 bits per heavy atom. The SMILES string of the molecule is C=CCOC(=O)N(Cc1cc(F)ccc1N)c1csc(-c2ccncc2)n1. The summed E-state index contributed by atoms with van der Waals surface area (Å²) < 4.78 is 18.8. The summed E-state index contributed by atoms with van der Waals surface area (Å²) in [5.74, 6) is -0.0427. The third-order valence-electron chi connectivity index (χ3n) is 3.67. The minimum absolute atomic E-state index is 0.0269. The van der Waals surface area contributed by atoms with E-state index < -0.39 is 11.9 Å². The minimum Gasteiger partial charge on any atom is -0.445 e. The van der Waals surface area contributed by atoms with Gasteiger partial charge in [0.1, 0.15) is 23.2 Å². The van der Waals surface area contributed by atoms with Gasteiger partial charge in [0.25, 0.3) is 0 Å². The molecule has 0 fully saturated rings. The van der Waals surface area contributed by atoms with E-state index in [2.05, 4.69) is 16.5 Å². The number of hydrogen-bond donors (Lipinski definition) is 1. The molecule has 3 rings (SSSR count). The molecule has 0 spiro atoms. The largest absolute Gasteiger partial charge is 0.445 e. The lowest BCUT2D eigenvalue weighted by Crippen LogP contribution is -2.31. The Hall–Kier alpha value is -3.26. The highest BCUT2D eigenvalue weighted by Crippen LogP contribution is 2.29. The van der Waals surface area contributed by atoms with E-state index in [1.807, 2.05) is 12.1 Å². The molecule has 0 aliphatic carbocycles. The van der Waals surface area contributed by atoms with Gasteiger partial charge in [0.05, 0.1) is 6.54 Å². The number of ether oxygens (including phenoxy) is 1. The number of nitrogens with zero attached hydrogens (tertiary/aromatic N) is 3. The lowest BCUT2D eigenvalue weighted by atomic mass is 10.1. The van der Waals surface area contributed by atoms with Gasteiger partial charge < -0.3 is 10.5 Å². The van der Waals surface area contributed by atoms with Crippen molar-refractivity contribution >= 4 is 28.9 Å². The molecule has 138 valence electrons. The number of nitrogens with two attached hydrogens (primary N) is 1. The molecule has 0 saturated heterocycles. The van der Waals surface area contributed by atoms with E-state index in [-0.39, 0.29) is 13.2 Å². The Labute approximate surface area is 159 Å². The quantitative estimate of drug-likeness (QED) is 0.507. The zero-order valence-electron chi connectivity index (χ0n) is 14.3. The summed E-state index contributed by atoms with van der Waals surface area (Å²) in [4.78, 5) is 22.3. The highest BCUT2D eigenvalue weighted by atomic mass is 32.1. The monoisotopic (exact) mass is 384 g/mol. The van der Waals surface area contributed by atoms with Crippen LogP contribution in [0.4, 0.5) is 20.7 Å². The molecule has 6 nitrogen and oxygen atoms in total. The van der Waals surface area contributed by atoms with Crippen LogP contribution < -0.4 is 10.6 Å². The number of rotatable bonds is 6.